The molecule has 1 atom stereocenters. The highest BCUT2D eigenvalue weighted by atomic mass is 16.5. The number of nitrogens with zero attached hydrogens (tertiary/aromatic N) is 2. The van der Waals surface area contributed by atoms with E-state index in [1.807, 2.05) is 0 Å². The second-order valence-corrected chi connectivity index (χ2v) is 3.82. The number of aromatic nitrogens is 1. The highest BCUT2D eigenvalue weighted by Gasteiger charge is 2.05. The van der Waals surface area contributed by atoms with Gasteiger partial charge < -0.3 is 9.84 Å². The Hall–Kier alpha value is -2.38. The molecule has 2 rings (SSSR count). The van der Waals surface area contributed by atoms with Gasteiger partial charge in [0.2, 0.25) is 5.88 Å². The minimum absolute atomic E-state index is 0.391. The molecule has 0 saturated carbocycles. The molecule has 0 aliphatic carbocycles. The summed E-state index contributed by atoms with van der Waals surface area (Å²) in [6.45, 7) is 1.67. The van der Waals surface area contributed by atoms with Crippen molar-refractivity contribution in [1.29, 1.82) is 5.26 Å². The van der Waals surface area contributed by atoms with E-state index in [4.69, 9.17) is 10.00 Å². The number of pyridine rings is 1. The van der Waals surface area contributed by atoms with E-state index in [0.29, 0.717) is 17.2 Å². The van der Waals surface area contributed by atoms with Crippen LogP contribution in [0.3, 0.4) is 0 Å². The van der Waals surface area contributed by atoms with Crippen LogP contribution in [0.5, 0.6) is 11.6 Å². The number of aliphatic hydroxyl groups is 1. The first-order valence-electron chi connectivity index (χ1n) is 5.51. The Balaban J connectivity index is 2.22. The Bertz CT molecular complexity index is 571. The smallest absolute Gasteiger partial charge is 0.219 e. The summed E-state index contributed by atoms with van der Waals surface area (Å²) in [5.74, 6) is 0.861. The summed E-state index contributed by atoms with van der Waals surface area (Å²) in [5.41, 5.74) is 1.18. The minimum atomic E-state index is -0.557. The molecular weight excluding hydrogens is 228 g/mol. The van der Waals surface area contributed by atoms with Gasteiger partial charge >= 0.3 is 0 Å². The van der Waals surface area contributed by atoms with Gasteiger partial charge in [-0.05, 0) is 30.7 Å². The topological polar surface area (TPSA) is 66.1 Å². The summed E-state index contributed by atoms with van der Waals surface area (Å²) < 4.78 is 5.52. The molecule has 0 radical (unpaired) electrons. The number of nitriles is 1. The Morgan fingerprint density at radius 2 is 2.06 bits per heavy atom. The SMILES string of the molecule is C[C@H](O)c1ccc(Oc2ccccc2C#N)nc1. The van der Waals surface area contributed by atoms with Crippen molar-refractivity contribution in [2.75, 3.05) is 0 Å². The maximum atomic E-state index is 9.36. The van der Waals surface area contributed by atoms with Gasteiger partial charge in [-0.2, -0.15) is 5.26 Å². The lowest BCUT2D eigenvalue weighted by Crippen LogP contribution is -1.94. The number of aliphatic hydroxyl groups excluding tert-OH is 1. The molecule has 2 aromatic rings. The van der Waals surface area contributed by atoms with Crippen molar-refractivity contribution in [1.82, 2.24) is 4.98 Å². The van der Waals surface area contributed by atoms with Crippen molar-refractivity contribution in [3.05, 3.63) is 53.7 Å². The predicted molar refractivity (Wildman–Crippen MR) is 66.1 cm³/mol. The van der Waals surface area contributed by atoms with Crippen molar-refractivity contribution in [2.45, 2.75) is 13.0 Å². The first kappa shape index (κ1) is 12.1. The lowest BCUT2D eigenvalue weighted by atomic mass is 10.2. The zero-order valence-electron chi connectivity index (χ0n) is 9.87. The number of para-hydroxylation sites is 1. The van der Waals surface area contributed by atoms with Crippen molar-refractivity contribution in [2.24, 2.45) is 0 Å². The van der Waals surface area contributed by atoms with Crippen LogP contribution in [-0.2, 0) is 0 Å². The van der Waals surface area contributed by atoms with Crippen LogP contribution in [-0.4, -0.2) is 10.1 Å². The molecule has 18 heavy (non-hydrogen) atoms. The summed E-state index contributed by atoms with van der Waals surface area (Å²) in [7, 11) is 0. The van der Waals surface area contributed by atoms with Crippen LogP contribution >= 0.6 is 0 Å². The maximum Gasteiger partial charge on any atom is 0.219 e. The molecule has 4 heteroatoms. The second-order valence-electron chi connectivity index (χ2n) is 3.82. The molecule has 0 aliphatic heterocycles. The summed E-state index contributed by atoms with van der Waals surface area (Å²) in [4.78, 5) is 4.08. The van der Waals surface area contributed by atoms with E-state index in [-0.39, 0.29) is 0 Å². The standard InChI is InChI=1S/C14H12N2O2/c1-10(17)12-6-7-14(16-9-12)18-13-5-3-2-4-11(13)8-15/h2-7,9-10,17H,1H3/t10-/m0/s1. The van der Waals surface area contributed by atoms with E-state index in [2.05, 4.69) is 11.1 Å². The molecule has 0 spiro atoms. The van der Waals surface area contributed by atoms with Crippen molar-refractivity contribution >= 4 is 0 Å². The van der Waals surface area contributed by atoms with Crippen LogP contribution < -0.4 is 4.74 Å². The van der Waals surface area contributed by atoms with Crippen molar-refractivity contribution < 1.29 is 9.84 Å². The average molecular weight is 240 g/mol. The molecule has 1 aromatic heterocycles. The zero-order valence-corrected chi connectivity index (χ0v) is 9.87. The molecule has 0 unspecified atom stereocenters. The molecule has 0 bridgehead atoms. The summed E-state index contributed by atoms with van der Waals surface area (Å²) in [6.07, 6.45) is 0.993. The van der Waals surface area contributed by atoms with Gasteiger partial charge in [0.05, 0.1) is 11.7 Å². The molecule has 0 aliphatic rings. The minimum Gasteiger partial charge on any atom is -0.438 e. The average Bonchev–Trinajstić information content (AvgIpc) is 2.40. The largest absolute Gasteiger partial charge is 0.438 e. The van der Waals surface area contributed by atoms with Crippen LogP contribution in [0.2, 0.25) is 0 Å². The predicted octanol–water partition coefficient (Wildman–Crippen LogP) is 2.80. The van der Waals surface area contributed by atoms with Crippen molar-refractivity contribution in [3.63, 3.8) is 0 Å². The Morgan fingerprint density at radius 1 is 1.28 bits per heavy atom. The summed E-state index contributed by atoms with van der Waals surface area (Å²) >= 11 is 0. The normalized spacial score (nSPS) is 11.6. The highest BCUT2D eigenvalue weighted by Crippen LogP contribution is 2.23. The number of ether oxygens (including phenoxy) is 1. The highest BCUT2D eigenvalue weighted by molar-refractivity contribution is 5.44. The molecule has 0 saturated heterocycles. The van der Waals surface area contributed by atoms with Gasteiger partial charge in [0.15, 0.2) is 0 Å². The van der Waals surface area contributed by atoms with Crippen LogP contribution in [0.15, 0.2) is 42.6 Å². The van der Waals surface area contributed by atoms with E-state index < -0.39 is 6.10 Å². The summed E-state index contributed by atoms with van der Waals surface area (Å²) in [5, 5.41) is 18.3. The van der Waals surface area contributed by atoms with Crippen LogP contribution in [0.25, 0.3) is 0 Å². The maximum absolute atomic E-state index is 9.36. The molecule has 90 valence electrons. The third-order valence-corrected chi connectivity index (χ3v) is 2.46. The van der Waals surface area contributed by atoms with Crippen molar-refractivity contribution in [3.8, 4) is 17.7 Å². The van der Waals surface area contributed by atoms with E-state index in [0.717, 1.165) is 5.56 Å². The van der Waals surface area contributed by atoms with Gasteiger partial charge in [0.25, 0.3) is 0 Å². The van der Waals surface area contributed by atoms with Crippen LogP contribution in [0.1, 0.15) is 24.2 Å². The van der Waals surface area contributed by atoms with Gasteiger partial charge in [-0.3, -0.25) is 0 Å². The van der Waals surface area contributed by atoms with Gasteiger partial charge in [-0.1, -0.05) is 12.1 Å². The van der Waals surface area contributed by atoms with E-state index in [1.54, 1.807) is 49.5 Å². The van der Waals surface area contributed by atoms with Gasteiger partial charge in [-0.15, -0.1) is 0 Å². The first-order chi connectivity index (χ1) is 8.70. The molecule has 1 aromatic carbocycles. The summed E-state index contributed by atoms with van der Waals surface area (Å²) in [6, 6.07) is 12.4. The fourth-order valence-corrected chi connectivity index (χ4v) is 1.46. The van der Waals surface area contributed by atoms with Gasteiger partial charge in [0.1, 0.15) is 11.8 Å². The molecule has 1 heterocycles. The second kappa shape index (κ2) is 5.30. The van der Waals surface area contributed by atoms with Crippen LogP contribution in [0.4, 0.5) is 0 Å². The lowest BCUT2D eigenvalue weighted by molar-refractivity contribution is 0.198. The number of hydrogen-bond acceptors (Lipinski definition) is 4. The first-order valence-corrected chi connectivity index (χ1v) is 5.51. The van der Waals surface area contributed by atoms with Gasteiger partial charge in [0, 0.05) is 12.3 Å². The third-order valence-electron chi connectivity index (χ3n) is 2.46. The van der Waals surface area contributed by atoms with E-state index in [1.165, 1.54) is 0 Å². The third kappa shape index (κ3) is 2.65. The number of benzene rings is 1. The molecule has 0 amide bonds. The van der Waals surface area contributed by atoms with E-state index in [9.17, 15) is 5.11 Å². The van der Waals surface area contributed by atoms with Crippen LogP contribution in [0, 0.1) is 11.3 Å². The Kier molecular flexibility index (Phi) is 3.56. The fourth-order valence-electron chi connectivity index (χ4n) is 1.46. The Labute approximate surface area is 105 Å². The molecule has 0 fully saturated rings. The number of hydrogen-bond donors (Lipinski definition) is 1. The quantitative estimate of drug-likeness (QED) is 0.895. The fraction of sp³-hybridized carbons (Fsp3) is 0.143. The molecule has 1 N–H and O–H groups in total. The molecular formula is C14H12N2O2. The molecule has 4 nitrogen and oxygen atoms in total. The lowest BCUT2D eigenvalue weighted by Gasteiger charge is -2.08. The van der Waals surface area contributed by atoms with E-state index >= 15 is 0 Å². The monoisotopic (exact) mass is 240 g/mol. The zero-order chi connectivity index (χ0) is 13.0. The Morgan fingerprint density at radius 3 is 2.67 bits per heavy atom. The van der Waals surface area contributed by atoms with Gasteiger partial charge in [-0.25, -0.2) is 4.98 Å². The number of rotatable bonds is 3.